The van der Waals surface area contributed by atoms with Crippen LogP contribution >= 0.6 is 0 Å². The number of aliphatic hydroxyl groups is 1. The first-order valence-electron chi connectivity index (χ1n) is 9.90. The fourth-order valence-electron chi connectivity index (χ4n) is 4.41. The number of hydrogen-bond acceptors (Lipinski definition) is 2. The Labute approximate surface area is 162 Å². The van der Waals surface area contributed by atoms with Crippen LogP contribution in [0, 0.1) is 0 Å². The van der Waals surface area contributed by atoms with Gasteiger partial charge in [-0.1, -0.05) is 97.4 Å². The van der Waals surface area contributed by atoms with Gasteiger partial charge in [-0.2, -0.15) is 0 Å². The minimum atomic E-state index is -1.02. The molecule has 3 aromatic rings. The van der Waals surface area contributed by atoms with Gasteiger partial charge in [-0.05, 0) is 36.1 Å². The molecular formula is C25H27NO. The largest absolute Gasteiger partial charge is 0.379 e. The first-order chi connectivity index (χ1) is 13.3. The summed E-state index contributed by atoms with van der Waals surface area (Å²) in [6, 6.07) is 31.0. The molecule has 1 fully saturated rings. The van der Waals surface area contributed by atoms with Crippen molar-refractivity contribution in [1.82, 2.24) is 4.90 Å². The summed E-state index contributed by atoms with van der Waals surface area (Å²) in [4.78, 5) is 2.47. The van der Waals surface area contributed by atoms with Gasteiger partial charge in [0, 0.05) is 12.6 Å². The lowest BCUT2D eigenvalue weighted by molar-refractivity contribution is -0.0416. The minimum absolute atomic E-state index is 0.0521. The molecule has 0 bridgehead atoms. The van der Waals surface area contributed by atoms with Crippen molar-refractivity contribution in [2.75, 3.05) is 6.54 Å². The summed E-state index contributed by atoms with van der Waals surface area (Å²) in [5.74, 6) is 0. The van der Waals surface area contributed by atoms with Crippen LogP contribution in [0.1, 0.15) is 36.0 Å². The van der Waals surface area contributed by atoms with E-state index in [1.165, 1.54) is 12.0 Å². The van der Waals surface area contributed by atoms with E-state index in [1.807, 2.05) is 36.4 Å². The third kappa shape index (κ3) is 3.69. The Morgan fingerprint density at radius 1 is 0.741 bits per heavy atom. The van der Waals surface area contributed by atoms with E-state index < -0.39 is 5.60 Å². The molecule has 0 aliphatic carbocycles. The second-order valence-corrected chi connectivity index (χ2v) is 7.47. The van der Waals surface area contributed by atoms with Crippen LogP contribution in [0.2, 0.25) is 0 Å². The maximum atomic E-state index is 12.2. The standard InChI is InChI=1S/C25H27NO/c27-25(22-14-6-2-7-15-22,23-16-8-3-9-17-23)24-18-10-11-19-26(24)20-21-12-4-1-5-13-21/h1-9,12-17,24,27H,10-11,18-20H2/t24-/m0/s1. The lowest BCUT2D eigenvalue weighted by atomic mass is 9.76. The van der Waals surface area contributed by atoms with Crippen molar-refractivity contribution < 1.29 is 5.11 Å². The zero-order valence-corrected chi connectivity index (χ0v) is 15.7. The molecule has 1 saturated heterocycles. The molecule has 0 unspecified atom stereocenters. The van der Waals surface area contributed by atoms with Crippen LogP contribution in [0.4, 0.5) is 0 Å². The zero-order valence-electron chi connectivity index (χ0n) is 15.7. The van der Waals surface area contributed by atoms with Gasteiger partial charge in [0.25, 0.3) is 0 Å². The van der Waals surface area contributed by atoms with Gasteiger partial charge in [-0.3, -0.25) is 4.90 Å². The predicted molar refractivity (Wildman–Crippen MR) is 110 cm³/mol. The molecule has 2 heteroatoms. The number of rotatable bonds is 5. The van der Waals surface area contributed by atoms with Crippen LogP contribution < -0.4 is 0 Å². The van der Waals surface area contributed by atoms with E-state index >= 15 is 0 Å². The molecule has 1 aliphatic rings. The quantitative estimate of drug-likeness (QED) is 0.696. The molecular weight excluding hydrogens is 330 g/mol. The topological polar surface area (TPSA) is 23.5 Å². The van der Waals surface area contributed by atoms with Gasteiger partial charge in [0.1, 0.15) is 5.60 Å². The summed E-state index contributed by atoms with van der Waals surface area (Å²) < 4.78 is 0. The zero-order chi connectivity index (χ0) is 18.5. The second kappa shape index (κ2) is 8.08. The highest BCUT2D eigenvalue weighted by atomic mass is 16.3. The van der Waals surface area contributed by atoms with Crippen molar-refractivity contribution >= 4 is 0 Å². The average molecular weight is 357 g/mol. The Bertz CT molecular complexity index is 792. The van der Waals surface area contributed by atoms with E-state index in [0.717, 1.165) is 37.1 Å². The van der Waals surface area contributed by atoms with Crippen molar-refractivity contribution in [1.29, 1.82) is 0 Å². The van der Waals surface area contributed by atoms with Crippen molar-refractivity contribution in [3.63, 3.8) is 0 Å². The molecule has 0 saturated carbocycles. The van der Waals surface area contributed by atoms with E-state index in [0.29, 0.717) is 0 Å². The highest BCUT2D eigenvalue weighted by Gasteiger charge is 2.44. The maximum absolute atomic E-state index is 12.2. The maximum Gasteiger partial charge on any atom is 0.130 e. The summed E-state index contributed by atoms with van der Waals surface area (Å²) in [5.41, 5.74) is 2.23. The fraction of sp³-hybridized carbons (Fsp3) is 0.280. The summed E-state index contributed by atoms with van der Waals surface area (Å²) in [6.45, 7) is 1.88. The third-order valence-electron chi connectivity index (χ3n) is 5.75. The van der Waals surface area contributed by atoms with E-state index in [1.54, 1.807) is 0 Å². The molecule has 2 nitrogen and oxygen atoms in total. The molecule has 138 valence electrons. The monoisotopic (exact) mass is 357 g/mol. The van der Waals surface area contributed by atoms with Gasteiger partial charge in [0.15, 0.2) is 0 Å². The van der Waals surface area contributed by atoms with Crippen LogP contribution in [0.3, 0.4) is 0 Å². The van der Waals surface area contributed by atoms with E-state index in [9.17, 15) is 5.11 Å². The van der Waals surface area contributed by atoms with Crippen LogP contribution in [-0.2, 0) is 12.1 Å². The Balaban J connectivity index is 1.76. The molecule has 1 aliphatic heterocycles. The van der Waals surface area contributed by atoms with E-state index in [-0.39, 0.29) is 6.04 Å². The Morgan fingerprint density at radius 2 is 1.26 bits per heavy atom. The fourth-order valence-corrected chi connectivity index (χ4v) is 4.41. The number of hydrogen-bond donors (Lipinski definition) is 1. The van der Waals surface area contributed by atoms with Gasteiger partial charge in [-0.25, -0.2) is 0 Å². The van der Waals surface area contributed by atoms with Gasteiger partial charge in [0.05, 0.1) is 0 Å². The van der Waals surface area contributed by atoms with Crippen LogP contribution in [0.25, 0.3) is 0 Å². The number of nitrogens with zero attached hydrogens (tertiary/aromatic N) is 1. The molecule has 4 rings (SSSR count). The minimum Gasteiger partial charge on any atom is -0.379 e. The van der Waals surface area contributed by atoms with Crippen molar-refractivity contribution in [3.8, 4) is 0 Å². The van der Waals surface area contributed by atoms with Crippen LogP contribution in [-0.4, -0.2) is 22.6 Å². The normalized spacial score (nSPS) is 18.3. The Morgan fingerprint density at radius 3 is 1.81 bits per heavy atom. The van der Waals surface area contributed by atoms with E-state index in [4.69, 9.17) is 0 Å². The van der Waals surface area contributed by atoms with Crippen LogP contribution in [0.15, 0.2) is 91.0 Å². The molecule has 0 amide bonds. The van der Waals surface area contributed by atoms with Crippen molar-refractivity contribution in [2.45, 2.75) is 37.5 Å². The molecule has 1 N–H and O–H groups in total. The first-order valence-corrected chi connectivity index (χ1v) is 9.90. The van der Waals surface area contributed by atoms with E-state index in [2.05, 4.69) is 59.5 Å². The molecule has 0 spiro atoms. The number of benzene rings is 3. The molecule has 0 radical (unpaired) electrons. The summed E-state index contributed by atoms with van der Waals surface area (Å²) in [7, 11) is 0. The first kappa shape index (κ1) is 18.0. The smallest absolute Gasteiger partial charge is 0.130 e. The third-order valence-corrected chi connectivity index (χ3v) is 5.75. The van der Waals surface area contributed by atoms with Crippen molar-refractivity contribution in [3.05, 3.63) is 108 Å². The summed E-state index contributed by atoms with van der Waals surface area (Å²) in [5, 5.41) is 12.2. The SMILES string of the molecule is OC(c1ccccc1)(c1ccccc1)[C@@H]1CCCCN1Cc1ccccc1. The summed E-state index contributed by atoms with van der Waals surface area (Å²) in [6.07, 6.45) is 3.33. The van der Waals surface area contributed by atoms with Gasteiger partial charge in [0.2, 0.25) is 0 Å². The van der Waals surface area contributed by atoms with Crippen LogP contribution in [0.5, 0.6) is 0 Å². The second-order valence-electron chi connectivity index (χ2n) is 7.47. The Kier molecular flexibility index (Phi) is 5.38. The lowest BCUT2D eigenvalue weighted by Crippen LogP contribution is -2.53. The van der Waals surface area contributed by atoms with Gasteiger partial charge in [-0.15, -0.1) is 0 Å². The molecule has 0 aromatic heterocycles. The number of piperidine rings is 1. The molecule has 1 atom stereocenters. The van der Waals surface area contributed by atoms with Gasteiger partial charge < -0.3 is 5.11 Å². The number of likely N-dealkylation sites (tertiary alicyclic amines) is 1. The Hall–Kier alpha value is -2.42. The highest BCUT2D eigenvalue weighted by Crippen LogP contribution is 2.40. The van der Waals surface area contributed by atoms with Gasteiger partial charge >= 0.3 is 0 Å². The molecule has 27 heavy (non-hydrogen) atoms. The predicted octanol–water partition coefficient (Wildman–Crippen LogP) is 4.98. The lowest BCUT2D eigenvalue weighted by Gasteiger charge is -2.46. The average Bonchev–Trinajstić information content (AvgIpc) is 2.75. The molecule has 1 heterocycles. The molecule has 3 aromatic carbocycles. The highest BCUT2D eigenvalue weighted by molar-refractivity contribution is 5.38. The van der Waals surface area contributed by atoms with Crippen molar-refractivity contribution in [2.24, 2.45) is 0 Å². The summed E-state index contributed by atoms with van der Waals surface area (Å²) >= 11 is 0.